The molecule has 0 aromatic carbocycles. The zero-order chi connectivity index (χ0) is 15.1. The van der Waals surface area contributed by atoms with E-state index in [-0.39, 0.29) is 11.9 Å². The van der Waals surface area contributed by atoms with Gasteiger partial charge in [0, 0.05) is 50.9 Å². The lowest BCUT2D eigenvalue weighted by molar-refractivity contribution is -0.136. The average molecular weight is 309 g/mol. The van der Waals surface area contributed by atoms with Gasteiger partial charge in [0.25, 0.3) is 0 Å². The van der Waals surface area contributed by atoms with Crippen molar-refractivity contribution in [3.05, 3.63) is 24.5 Å². The van der Waals surface area contributed by atoms with E-state index in [1.54, 1.807) is 0 Å². The monoisotopic (exact) mass is 309 g/mol. The van der Waals surface area contributed by atoms with Gasteiger partial charge in [0.05, 0.1) is 0 Å². The van der Waals surface area contributed by atoms with E-state index in [0.29, 0.717) is 0 Å². The molecule has 1 aromatic heterocycles. The zero-order valence-electron chi connectivity index (χ0n) is 13.2. The van der Waals surface area contributed by atoms with Crippen LogP contribution >= 0.6 is 11.8 Å². The van der Waals surface area contributed by atoms with E-state index in [1.165, 1.54) is 5.75 Å². The molecule has 1 aromatic rings. The van der Waals surface area contributed by atoms with Gasteiger partial charge in [0.1, 0.15) is 6.04 Å². The quantitative estimate of drug-likeness (QED) is 0.774. The van der Waals surface area contributed by atoms with Crippen LogP contribution in [0.15, 0.2) is 24.5 Å². The fraction of sp³-hybridized carbons (Fsp3) is 0.688. The summed E-state index contributed by atoms with van der Waals surface area (Å²) in [5.74, 6) is 1.47. The number of carbonyl (C=O) groups excluding carboxylic acids is 1. The Kier molecular flexibility index (Phi) is 6.64. The first-order valence-corrected chi connectivity index (χ1v) is 9.28. The van der Waals surface area contributed by atoms with Crippen molar-refractivity contribution >= 4 is 17.7 Å². The first-order valence-electron chi connectivity index (χ1n) is 7.88. The summed E-state index contributed by atoms with van der Waals surface area (Å²) in [5.41, 5.74) is 0. The van der Waals surface area contributed by atoms with E-state index in [0.717, 1.165) is 45.6 Å². The van der Waals surface area contributed by atoms with Crippen LogP contribution in [-0.4, -0.2) is 65.0 Å². The van der Waals surface area contributed by atoms with E-state index < -0.39 is 0 Å². The summed E-state index contributed by atoms with van der Waals surface area (Å²) in [6.07, 6.45) is 8.11. The van der Waals surface area contributed by atoms with Gasteiger partial charge >= 0.3 is 0 Å². The van der Waals surface area contributed by atoms with Crippen LogP contribution in [0, 0.1) is 0 Å². The normalized spacial score (nSPS) is 17.9. The number of hydrogen-bond acceptors (Lipinski definition) is 3. The summed E-state index contributed by atoms with van der Waals surface area (Å²) in [5, 5.41) is 0. The molecule has 4 nitrogen and oxygen atoms in total. The number of hydrogen-bond donors (Lipinski definition) is 0. The van der Waals surface area contributed by atoms with Crippen molar-refractivity contribution in [2.75, 3.05) is 44.7 Å². The molecule has 0 saturated carbocycles. The Morgan fingerprint density at radius 1 is 1.19 bits per heavy atom. The Balaban J connectivity index is 1.90. The molecule has 0 N–H and O–H groups in total. The van der Waals surface area contributed by atoms with Crippen molar-refractivity contribution in [3.63, 3.8) is 0 Å². The van der Waals surface area contributed by atoms with Gasteiger partial charge < -0.3 is 9.47 Å². The van der Waals surface area contributed by atoms with Crippen molar-refractivity contribution in [2.24, 2.45) is 0 Å². The molecule has 5 heteroatoms. The van der Waals surface area contributed by atoms with Crippen molar-refractivity contribution in [2.45, 2.75) is 25.8 Å². The van der Waals surface area contributed by atoms with Crippen LogP contribution in [0.3, 0.4) is 0 Å². The second-order valence-corrected chi connectivity index (χ2v) is 6.58. The standard InChI is InChI=1S/C16H27N3OS/c1-3-6-15(18-7-4-5-8-18)16(20)19-11-9-17(10-12-19)13-14-21-2/h4-5,7-8,15H,3,6,9-14H2,1-2H3/t15-/m0/s1. The molecular formula is C16H27N3OS. The number of thioether (sulfide) groups is 1. The molecule has 0 radical (unpaired) electrons. The van der Waals surface area contributed by atoms with Gasteiger partial charge in [0.15, 0.2) is 0 Å². The summed E-state index contributed by atoms with van der Waals surface area (Å²) in [6.45, 7) is 7.04. The number of piperazine rings is 1. The summed E-state index contributed by atoms with van der Waals surface area (Å²) in [7, 11) is 0. The van der Waals surface area contributed by atoms with Crippen molar-refractivity contribution in [3.8, 4) is 0 Å². The second kappa shape index (κ2) is 8.49. The second-order valence-electron chi connectivity index (χ2n) is 5.59. The third-order valence-corrected chi connectivity index (χ3v) is 4.72. The van der Waals surface area contributed by atoms with Gasteiger partial charge in [0.2, 0.25) is 5.91 Å². The third-order valence-electron chi connectivity index (χ3n) is 4.13. The highest BCUT2D eigenvalue weighted by Crippen LogP contribution is 2.18. The maximum absolute atomic E-state index is 12.8. The first-order chi connectivity index (χ1) is 10.3. The molecule has 21 heavy (non-hydrogen) atoms. The molecule has 2 rings (SSSR count). The van der Waals surface area contributed by atoms with Crippen LogP contribution in [0.5, 0.6) is 0 Å². The molecule has 0 unspecified atom stereocenters. The van der Waals surface area contributed by atoms with Gasteiger partial charge in [-0.05, 0) is 24.8 Å². The van der Waals surface area contributed by atoms with Gasteiger partial charge in [-0.1, -0.05) is 13.3 Å². The highest BCUT2D eigenvalue weighted by Gasteiger charge is 2.27. The molecule has 1 aliphatic heterocycles. The van der Waals surface area contributed by atoms with Gasteiger partial charge in [-0.3, -0.25) is 9.69 Å². The smallest absolute Gasteiger partial charge is 0.245 e. The molecule has 1 saturated heterocycles. The molecule has 0 aliphatic carbocycles. The predicted molar refractivity (Wildman–Crippen MR) is 89.8 cm³/mol. The van der Waals surface area contributed by atoms with Crippen molar-refractivity contribution in [1.29, 1.82) is 0 Å². The molecule has 1 fully saturated rings. The Bertz CT molecular complexity index is 413. The average Bonchev–Trinajstić information content (AvgIpc) is 3.04. The number of rotatable bonds is 7. The van der Waals surface area contributed by atoms with Crippen LogP contribution in [0.2, 0.25) is 0 Å². The van der Waals surface area contributed by atoms with E-state index in [9.17, 15) is 4.79 Å². The Hall–Kier alpha value is -0.940. The van der Waals surface area contributed by atoms with E-state index in [2.05, 4.69) is 27.5 Å². The Morgan fingerprint density at radius 3 is 2.43 bits per heavy atom. The number of amides is 1. The SMILES string of the molecule is CCC[C@@H](C(=O)N1CCN(CCSC)CC1)n1cccc1. The minimum Gasteiger partial charge on any atom is -0.342 e. The van der Waals surface area contributed by atoms with Crippen LogP contribution in [0.4, 0.5) is 0 Å². The van der Waals surface area contributed by atoms with Gasteiger partial charge in [-0.25, -0.2) is 0 Å². The fourth-order valence-corrected chi connectivity index (χ4v) is 3.29. The summed E-state index contributed by atoms with van der Waals surface area (Å²) < 4.78 is 2.06. The molecule has 1 aliphatic rings. The molecular weight excluding hydrogens is 282 g/mol. The predicted octanol–water partition coefficient (Wildman–Crippen LogP) is 2.34. The first kappa shape index (κ1) is 16.4. The van der Waals surface area contributed by atoms with E-state index in [1.807, 2.05) is 36.3 Å². The summed E-state index contributed by atoms with van der Waals surface area (Å²) in [6, 6.07) is 3.97. The number of carbonyl (C=O) groups is 1. The molecule has 118 valence electrons. The van der Waals surface area contributed by atoms with Crippen molar-refractivity contribution < 1.29 is 4.79 Å². The number of nitrogens with zero attached hydrogens (tertiary/aromatic N) is 3. The van der Waals surface area contributed by atoms with Crippen LogP contribution in [0.25, 0.3) is 0 Å². The van der Waals surface area contributed by atoms with Crippen LogP contribution < -0.4 is 0 Å². The highest BCUT2D eigenvalue weighted by molar-refractivity contribution is 7.98. The lowest BCUT2D eigenvalue weighted by Gasteiger charge is -2.36. The zero-order valence-corrected chi connectivity index (χ0v) is 14.0. The highest BCUT2D eigenvalue weighted by atomic mass is 32.2. The summed E-state index contributed by atoms with van der Waals surface area (Å²) >= 11 is 1.89. The Labute approximate surface area is 132 Å². The van der Waals surface area contributed by atoms with Gasteiger partial charge in [-0.2, -0.15) is 11.8 Å². The van der Waals surface area contributed by atoms with Crippen LogP contribution in [0.1, 0.15) is 25.8 Å². The van der Waals surface area contributed by atoms with E-state index in [4.69, 9.17) is 0 Å². The maximum atomic E-state index is 12.8. The summed E-state index contributed by atoms with van der Waals surface area (Å²) in [4.78, 5) is 17.3. The largest absolute Gasteiger partial charge is 0.342 e. The van der Waals surface area contributed by atoms with Crippen molar-refractivity contribution in [1.82, 2.24) is 14.4 Å². The molecule has 0 bridgehead atoms. The Morgan fingerprint density at radius 2 is 1.86 bits per heavy atom. The molecule has 0 spiro atoms. The number of aromatic nitrogens is 1. The topological polar surface area (TPSA) is 28.5 Å². The lowest BCUT2D eigenvalue weighted by atomic mass is 10.1. The minimum atomic E-state index is -0.0252. The third kappa shape index (κ3) is 4.51. The minimum absolute atomic E-state index is 0.0252. The molecule has 1 amide bonds. The lowest BCUT2D eigenvalue weighted by Crippen LogP contribution is -2.50. The molecule has 2 heterocycles. The maximum Gasteiger partial charge on any atom is 0.245 e. The van der Waals surface area contributed by atoms with Gasteiger partial charge in [-0.15, -0.1) is 0 Å². The van der Waals surface area contributed by atoms with E-state index >= 15 is 0 Å². The fourth-order valence-electron chi connectivity index (χ4n) is 2.85. The van der Waals surface area contributed by atoms with Crippen LogP contribution in [-0.2, 0) is 4.79 Å². The molecule has 1 atom stereocenters.